The zero-order valence-electron chi connectivity index (χ0n) is 22.6. The van der Waals surface area contributed by atoms with E-state index in [0.29, 0.717) is 31.9 Å². The lowest BCUT2D eigenvalue weighted by Gasteiger charge is -2.52. The fourth-order valence-electron chi connectivity index (χ4n) is 7.28. The number of rotatable bonds is 1. The van der Waals surface area contributed by atoms with Crippen LogP contribution in [0.5, 0.6) is 0 Å². The molecular weight excluding hydrogens is 462 g/mol. The maximum atomic E-state index is 14.7. The van der Waals surface area contributed by atoms with Gasteiger partial charge in [0.25, 0.3) is 0 Å². The predicted octanol–water partition coefficient (Wildman–Crippen LogP) is 3.48. The van der Waals surface area contributed by atoms with Crippen LogP contribution in [0.4, 0.5) is 4.79 Å². The zero-order valence-corrected chi connectivity index (χ0v) is 22.6. The van der Waals surface area contributed by atoms with Crippen LogP contribution in [-0.4, -0.2) is 78.4 Å². The van der Waals surface area contributed by atoms with Crippen LogP contribution in [-0.2, 0) is 23.7 Å². The van der Waals surface area contributed by atoms with Crippen LogP contribution < -0.4 is 0 Å². The van der Waals surface area contributed by atoms with Crippen LogP contribution >= 0.6 is 0 Å². The molecule has 1 spiro atoms. The van der Waals surface area contributed by atoms with E-state index in [4.69, 9.17) is 18.9 Å². The van der Waals surface area contributed by atoms with E-state index in [1.54, 1.807) is 4.90 Å². The minimum Gasteiger partial charge on any atom is -0.438 e. The lowest BCUT2D eigenvalue weighted by molar-refractivity contribution is -0.303. The monoisotopic (exact) mass is 503 g/mol. The van der Waals surface area contributed by atoms with Crippen LogP contribution in [0.15, 0.2) is 23.3 Å². The van der Waals surface area contributed by atoms with Gasteiger partial charge in [-0.05, 0) is 55.6 Å². The SMILES string of the molecule is CC1=CC23C(=O)[C@@H](C=C4COC(C)(C)O[C@H]4[C@]2(O)[C@H]1OC(=O)N1CCOCC1)C(C)(C)[C@@H](C)CC3C. The van der Waals surface area contributed by atoms with Crippen molar-refractivity contribution in [1.29, 1.82) is 0 Å². The molecule has 2 bridgehead atoms. The summed E-state index contributed by atoms with van der Waals surface area (Å²) in [6.45, 7) is 15.9. The Balaban J connectivity index is 1.68. The fraction of sp³-hybridized carbons (Fsp3) is 0.786. The number of hydrogen-bond acceptors (Lipinski definition) is 7. The maximum Gasteiger partial charge on any atom is 0.410 e. The Bertz CT molecular complexity index is 1010. The van der Waals surface area contributed by atoms with Gasteiger partial charge < -0.3 is 29.0 Å². The predicted molar refractivity (Wildman–Crippen MR) is 132 cm³/mol. The molecule has 0 radical (unpaired) electrons. The Labute approximate surface area is 214 Å². The smallest absolute Gasteiger partial charge is 0.410 e. The first kappa shape index (κ1) is 25.9. The molecule has 2 saturated heterocycles. The summed E-state index contributed by atoms with van der Waals surface area (Å²) in [5.74, 6) is -1.41. The summed E-state index contributed by atoms with van der Waals surface area (Å²) >= 11 is 0. The number of nitrogens with zero attached hydrogens (tertiary/aromatic N) is 1. The van der Waals surface area contributed by atoms with E-state index < -0.39 is 41.0 Å². The Morgan fingerprint density at radius 1 is 1.14 bits per heavy atom. The number of hydrogen-bond donors (Lipinski definition) is 1. The molecule has 1 saturated carbocycles. The molecular formula is C28H41NO7. The topological polar surface area (TPSA) is 94.5 Å². The molecule has 200 valence electrons. The van der Waals surface area contributed by atoms with E-state index >= 15 is 0 Å². The molecule has 1 N–H and O–H groups in total. The first-order valence-electron chi connectivity index (χ1n) is 13.3. The number of fused-ring (bicyclic) bond motifs is 3. The summed E-state index contributed by atoms with van der Waals surface area (Å²) in [6, 6.07) is 0. The molecule has 1 amide bonds. The Kier molecular flexibility index (Phi) is 6.03. The Hall–Kier alpha value is -1.74. The number of ketones is 1. The second kappa shape index (κ2) is 8.38. The molecule has 7 atom stereocenters. The van der Waals surface area contributed by atoms with Crippen LogP contribution in [0.2, 0.25) is 0 Å². The van der Waals surface area contributed by atoms with E-state index in [2.05, 4.69) is 20.8 Å². The van der Waals surface area contributed by atoms with Crippen molar-refractivity contribution in [2.45, 2.75) is 78.5 Å². The molecule has 8 nitrogen and oxygen atoms in total. The number of ether oxygens (including phenoxy) is 4. The first-order valence-corrected chi connectivity index (χ1v) is 13.3. The molecule has 2 aliphatic heterocycles. The number of aliphatic hydroxyl groups is 1. The highest BCUT2D eigenvalue weighted by Crippen LogP contribution is 2.63. The van der Waals surface area contributed by atoms with E-state index in [1.807, 2.05) is 39.8 Å². The van der Waals surface area contributed by atoms with E-state index in [-0.39, 0.29) is 29.6 Å². The summed E-state index contributed by atoms with van der Waals surface area (Å²) < 4.78 is 24.0. The van der Waals surface area contributed by atoms with Gasteiger partial charge in [0.05, 0.1) is 25.2 Å². The highest BCUT2D eigenvalue weighted by atomic mass is 16.7. The van der Waals surface area contributed by atoms with Gasteiger partial charge in [-0.1, -0.05) is 39.8 Å². The molecule has 2 heterocycles. The Morgan fingerprint density at radius 3 is 2.47 bits per heavy atom. The average molecular weight is 504 g/mol. The second-order valence-electron chi connectivity index (χ2n) is 12.6. The number of carbonyl (C=O) groups excluding carboxylic acids is 2. The Morgan fingerprint density at radius 2 is 1.81 bits per heavy atom. The minimum atomic E-state index is -1.81. The largest absolute Gasteiger partial charge is 0.438 e. The summed E-state index contributed by atoms with van der Waals surface area (Å²) in [7, 11) is 0. The number of amides is 1. The maximum absolute atomic E-state index is 14.7. The van der Waals surface area contributed by atoms with Gasteiger partial charge in [0.2, 0.25) is 0 Å². The molecule has 0 aromatic rings. The van der Waals surface area contributed by atoms with Gasteiger partial charge >= 0.3 is 6.09 Å². The first-order chi connectivity index (χ1) is 16.8. The van der Waals surface area contributed by atoms with Gasteiger partial charge in [0.1, 0.15) is 6.10 Å². The number of morpholine rings is 1. The summed E-state index contributed by atoms with van der Waals surface area (Å²) in [5.41, 5.74) is -2.00. The standard InChI is InChI=1S/C28H41NO7/c1-16-14-27-18(3)12-17(2)25(4,5)20(21(27)30)13-19-15-34-26(6,7)36-23(19)28(27,32)22(16)35-24(31)29-8-10-33-11-9-29/h13-14,17-18,20,22-23,32H,8-12,15H2,1-7H3/t17-,18?,20+,22-,23+,27?,28+/m0/s1. The van der Waals surface area contributed by atoms with Crippen molar-refractivity contribution >= 4 is 11.9 Å². The molecule has 3 fully saturated rings. The normalized spacial score (nSPS) is 43.4. The number of allylic oxidation sites excluding steroid dienone is 1. The van der Waals surface area contributed by atoms with Crippen molar-refractivity contribution in [1.82, 2.24) is 4.90 Å². The third-order valence-electron chi connectivity index (χ3n) is 9.77. The number of carbonyl (C=O) groups is 2. The lowest BCUT2D eigenvalue weighted by atomic mass is 9.59. The summed E-state index contributed by atoms with van der Waals surface area (Å²) in [6.07, 6.45) is 2.23. The molecule has 0 aromatic heterocycles. The van der Waals surface area contributed by atoms with Gasteiger partial charge in [-0.2, -0.15) is 0 Å². The van der Waals surface area contributed by atoms with Gasteiger partial charge in [0.15, 0.2) is 23.3 Å². The van der Waals surface area contributed by atoms with Gasteiger partial charge in [-0.3, -0.25) is 4.79 Å². The molecule has 36 heavy (non-hydrogen) atoms. The van der Waals surface area contributed by atoms with Gasteiger partial charge in [-0.15, -0.1) is 0 Å². The van der Waals surface area contributed by atoms with Crippen molar-refractivity contribution in [2.24, 2.45) is 28.6 Å². The number of Topliss-reactive ketones (excluding diaryl/α,β-unsaturated/α-hetero) is 1. The van der Waals surface area contributed by atoms with Crippen LogP contribution in [0, 0.1) is 28.6 Å². The van der Waals surface area contributed by atoms with Crippen LogP contribution in [0.1, 0.15) is 54.9 Å². The second-order valence-corrected chi connectivity index (χ2v) is 12.6. The van der Waals surface area contributed by atoms with Crippen molar-refractivity contribution in [3.8, 4) is 0 Å². The molecule has 2 unspecified atom stereocenters. The van der Waals surface area contributed by atoms with E-state index in [0.717, 1.165) is 12.0 Å². The highest BCUT2D eigenvalue weighted by molar-refractivity contribution is 5.95. The van der Waals surface area contributed by atoms with Crippen LogP contribution in [0.3, 0.4) is 0 Å². The van der Waals surface area contributed by atoms with E-state index in [1.165, 1.54) is 0 Å². The molecule has 5 aliphatic rings. The molecule has 5 rings (SSSR count). The van der Waals surface area contributed by atoms with Gasteiger partial charge in [0, 0.05) is 19.0 Å². The minimum absolute atomic E-state index is 0.0283. The average Bonchev–Trinajstić information content (AvgIpc) is 2.98. The quantitative estimate of drug-likeness (QED) is 0.548. The van der Waals surface area contributed by atoms with E-state index in [9.17, 15) is 14.7 Å². The molecule has 8 heteroatoms. The van der Waals surface area contributed by atoms with Gasteiger partial charge in [-0.25, -0.2) is 4.79 Å². The fourth-order valence-corrected chi connectivity index (χ4v) is 7.28. The third-order valence-corrected chi connectivity index (χ3v) is 9.77. The molecule has 0 aromatic carbocycles. The highest BCUT2D eigenvalue weighted by Gasteiger charge is 2.74. The van der Waals surface area contributed by atoms with Crippen molar-refractivity contribution in [3.05, 3.63) is 23.3 Å². The van der Waals surface area contributed by atoms with Crippen molar-refractivity contribution in [3.63, 3.8) is 0 Å². The molecule has 3 aliphatic carbocycles. The zero-order chi connectivity index (χ0) is 26.3. The van der Waals surface area contributed by atoms with Crippen LogP contribution in [0.25, 0.3) is 0 Å². The van der Waals surface area contributed by atoms with Crippen molar-refractivity contribution in [2.75, 3.05) is 32.9 Å². The summed E-state index contributed by atoms with van der Waals surface area (Å²) in [5, 5.41) is 13.0. The lowest BCUT2D eigenvalue weighted by Crippen LogP contribution is -2.68. The summed E-state index contributed by atoms with van der Waals surface area (Å²) in [4.78, 5) is 29.6. The third kappa shape index (κ3) is 3.47. The van der Waals surface area contributed by atoms with Crippen molar-refractivity contribution < 1.29 is 33.6 Å².